The minimum Gasteiger partial charge on any atom is -0.469 e. The van der Waals surface area contributed by atoms with Crippen molar-refractivity contribution in [3.8, 4) is 0 Å². The second kappa shape index (κ2) is 5.96. The van der Waals surface area contributed by atoms with Gasteiger partial charge in [-0.1, -0.05) is 56.6 Å². The lowest BCUT2D eigenvalue weighted by atomic mass is 10.1. The van der Waals surface area contributed by atoms with Crippen LogP contribution in [0.5, 0.6) is 0 Å². The first-order valence-corrected chi connectivity index (χ1v) is 10.8. The van der Waals surface area contributed by atoms with E-state index in [1.54, 1.807) is 5.19 Å². The Bertz CT molecular complexity index is 536. The smallest absolute Gasteiger partial charge is 0.216 e. The molecule has 21 heavy (non-hydrogen) atoms. The molecule has 3 heteroatoms. The molecule has 2 rings (SSSR count). The predicted molar refractivity (Wildman–Crippen MR) is 94.6 cm³/mol. The van der Waals surface area contributed by atoms with Crippen LogP contribution in [0.3, 0.4) is 0 Å². The lowest BCUT2D eigenvalue weighted by Gasteiger charge is -2.32. The van der Waals surface area contributed by atoms with E-state index in [9.17, 15) is 0 Å². The molecule has 1 aliphatic rings. The number of hydrogen-bond donors (Lipinski definition) is 0. The third kappa shape index (κ3) is 2.94. The highest BCUT2D eigenvalue weighted by Crippen LogP contribution is 2.27. The second-order valence-corrected chi connectivity index (χ2v) is 12.0. The van der Waals surface area contributed by atoms with E-state index in [1.165, 1.54) is 29.3 Å². The molecule has 1 aliphatic heterocycles. The summed E-state index contributed by atoms with van der Waals surface area (Å²) in [5, 5.41) is 1.58. The zero-order chi connectivity index (χ0) is 15.7. The highest BCUT2D eigenvalue weighted by molar-refractivity contribution is 6.92. The molecule has 0 atom stereocenters. The predicted octanol–water partition coefficient (Wildman–Crippen LogP) is 4.27. The van der Waals surface area contributed by atoms with Gasteiger partial charge in [-0.3, -0.25) is 0 Å². The van der Waals surface area contributed by atoms with Gasteiger partial charge in [0.15, 0.2) is 0 Å². The Morgan fingerprint density at radius 1 is 1.14 bits per heavy atom. The van der Waals surface area contributed by atoms with Gasteiger partial charge in [-0.15, -0.1) is 0 Å². The summed E-state index contributed by atoms with van der Waals surface area (Å²) < 4.78 is 6.13. The fraction of sp³-hybridized carbons (Fsp3) is 0.611. The summed E-state index contributed by atoms with van der Waals surface area (Å²) in [6.45, 7) is 14.3. The van der Waals surface area contributed by atoms with Gasteiger partial charge in [0.05, 0.1) is 14.6 Å². The maximum atomic E-state index is 6.13. The van der Waals surface area contributed by atoms with Crippen molar-refractivity contribution in [2.45, 2.75) is 65.3 Å². The molecule has 1 aromatic rings. The van der Waals surface area contributed by atoms with Gasteiger partial charge in [-0.05, 0) is 32.0 Å². The van der Waals surface area contributed by atoms with Crippen LogP contribution in [0.4, 0.5) is 0 Å². The van der Waals surface area contributed by atoms with E-state index in [2.05, 4.69) is 59.7 Å². The number of aliphatic imine (C=N–C) groups is 1. The summed E-state index contributed by atoms with van der Waals surface area (Å²) in [4.78, 5) is 4.69. The van der Waals surface area contributed by atoms with Gasteiger partial charge in [0, 0.05) is 5.56 Å². The summed E-state index contributed by atoms with van der Waals surface area (Å²) in [5.74, 6) is 0.867. The van der Waals surface area contributed by atoms with Crippen molar-refractivity contribution in [1.29, 1.82) is 0 Å². The molecule has 0 amide bonds. The zero-order valence-electron chi connectivity index (χ0n) is 14.4. The molecule has 1 heterocycles. The van der Waals surface area contributed by atoms with Crippen LogP contribution in [0.15, 0.2) is 23.2 Å². The first-order valence-electron chi connectivity index (χ1n) is 8.23. The van der Waals surface area contributed by atoms with Crippen LogP contribution >= 0.6 is 0 Å². The summed E-state index contributed by atoms with van der Waals surface area (Å²) in [6.07, 6.45) is 0. The highest BCUT2D eigenvalue weighted by Gasteiger charge is 2.36. The Balaban J connectivity index is 2.57. The highest BCUT2D eigenvalue weighted by atomic mass is 28.3. The molecule has 2 nitrogen and oxygen atoms in total. The van der Waals surface area contributed by atoms with Crippen LogP contribution in [-0.2, 0) is 4.74 Å². The van der Waals surface area contributed by atoms with Crippen LogP contribution in [0.2, 0.25) is 18.1 Å². The summed E-state index contributed by atoms with van der Waals surface area (Å²) >= 11 is 0. The number of hydrogen-bond acceptors (Lipinski definition) is 2. The third-order valence-corrected chi connectivity index (χ3v) is 10.8. The largest absolute Gasteiger partial charge is 0.469 e. The van der Waals surface area contributed by atoms with Crippen LogP contribution in [0, 0.1) is 6.92 Å². The van der Waals surface area contributed by atoms with Gasteiger partial charge in [-0.25, -0.2) is 4.99 Å². The van der Waals surface area contributed by atoms with Crippen molar-refractivity contribution in [3.63, 3.8) is 0 Å². The molecule has 1 aromatic carbocycles. The third-order valence-electron chi connectivity index (χ3n) is 5.04. The number of rotatable bonds is 5. The van der Waals surface area contributed by atoms with Crippen LogP contribution < -0.4 is 5.19 Å². The number of aryl methyl sites for hydroxylation is 1. The number of ether oxygens (including phenoxy) is 1. The average Bonchev–Trinajstić information content (AvgIpc) is 2.83. The van der Waals surface area contributed by atoms with Crippen molar-refractivity contribution >= 4 is 19.2 Å². The number of benzene rings is 1. The minimum absolute atomic E-state index is 0.161. The topological polar surface area (TPSA) is 21.6 Å². The first kappa shape index (κ1) is 16.3. The van der Waals surface area contributed by atoms with Gasteiger partial charge < -0.3 is 4.74 Å². The fourth-order valence-electron chi connectivity index (χ4n) is 3.56. The number of nitrogens with zero attached hydrogens (tertiary/aromatic N) is 1. The molecular weight excluding hydrogens is 274 g/mol. The summed E-state index contributed by atoms with van der Waals surface area (Å²) in [5.41, 5.74) is 2.52. The fourth-order valence-corrected chi connectivity index (χ4v) is 7.80. The molecule has 0 saturated carbocycles. The summed E-state index contributed by atoms with van der Waals surface area (Å²) in [7, 11) is -1.46. The van der Waals surface area contributed by atoms with Crippen molar-refractivity contribution in [2.24, 2.45) is 4.99 Å². The molecule has 0 aromatic heterocycles. The van der Waals surface area contributed by atoms with Gasteiger partial charge in [0.1, 0.15) is 5.60 Å². The molecule has 0 fully saturated rings. The van der Waals surface area contributed by atoms with E-state index in [0.29, 0.717) is 0 Å². The standard InChI is InChI=1S/C18H29NOSi/c1-7-21(8-2,9-3)16-14(4)11-10-12-15(16)17-19-13-18(5,6)20-17/h10-12H,7-9,13H2,1-6H3. The molecular formula is C18H29NOSi. The van der Waals surface area contributed by atoms with Gasteiger partial charge >= 0.3 is 0 Å². The molecule has 116 valence electrons. The van der Waals surface area contributed by atoms with E-state index in [-0.39, 0.29) is 5.60 Å². The zero-order valence-corrected chi connectivity index (χ0v) is 15.4. The van der Waals surface area contributed by atoms with Gasteiger partial charge in [0.2, 0.25) is 5.90 Å². The Morgan fingerprint density at radius 2 is 1.76 bits per heavy atom. The molecule has 0 radical (unpaired) electrons. The Kier molecular flexibility index (Phi) is 4.62. The average molecular weight is 304 g/mol. The Morgan fingerprint density at radius 3 is 2.24 bits per heavy atom. The van der Waals surface area contributed by atoms with Gasteiger partial charge in [0.25, 0.3) is 0 Å². The molecule has 0 N–H and O–H groups in total. The Hall–Kier alpha value is -1.09. The molecule has 0 saturated heterocycles. The molecule has 0 unspecified atom stereocenters. The van der Waals surface area contributed by atoms with Crippen molar-refractivity contribution in [1.82, 2.24) is 0 Å². The minimum atomic E-state index is -1.46. The maximum absolute atomic E-state index is 6.13. The quantitative estimate of drug-likeness (QED) is 0.745. The van der Waals surface area contributed by atoms with Crippen LogP contribution in [0.1, 0.15) is 45.7 Å². The van der Waals surface area contributed by atoms with Crippen LogP contribution in [-0.4, -0.2) is 26.1 Å². The van der Waals surface area contributed by atoms with Crippen molar-refractivity contribution in [2.75, 3.05) is 6.54 Å². The second-order valence-electron chi connectivity index (χ2n) is 6.82. The van der Waals surface area contributed by atoms with E-state index in [4.69, 9.17) is 9.73 Å². The molecule has 0 bridgehead atoms. The van der Waals surface area contributed by atoms with E-state index < -0.39 is 8.07 Å². The first-order chi connectivity index (χ1) is 9.89. The SMILES string of the molecule is CC[Si](CC)(CC)c1c(C)cccc1C1=NCC(C)(C)O1. The lowest BCUT2D eigenvalue weighted by molar-refractivity contribution is 0.131. The molecule has 0 aliphatic carbocycles. The lowest BCUT2D eigenvalue weighted by Crippen LogP contribution is -2.50. The van der Waals surface area contributed by atoms with E-state index in [0.717, 1.165) is 12.4 Å². The van der Waals surface area contributed by atoms with E-state index >= 15 is 0 Å². The van der Waals surface area contributed by atoms with Crippen molar-refractivity contribution in [3.05, 3.63) is 29.3 Å². The van der Waals surface area contributed by atoms with Crippen LogP contribution in [0.25, 0.3) is 0 Å². The maximum Gasteiger partial charge on any atom is 0.216 e. The Labute approximate surface area is 130 Å². The summed E-state index contributed by atoms with van der Waals surface area (Å²) in [6, 6.07) is 10.5. The molecule has 0 spiro atoms. The monoisotopic (exact) mass is 303 g/mol. The van der Waals surface area contributed by atoms with Gasteiger partial charge in [-0.2, -0.15) is 0 Å². The normalized spacial score (nSPS) is 17.5. The van der Waals surface area contributed by atoms with Crippen molar-refractivity contribution < 1.29 is 4.74 Å². The van der Waals surface area contributed by atoms with E-state index in [1.807, 2.05) is 0 Å².